The molecule has 1 N–H and O–H groups in total. The third-order valence-electron chi connectivity index (χ3n) is 5.88. The van der Waals surface area contributed by atoms with Gasteiger partial charge in [-0.05, 0) is 49.9 Å². The van der Waals surface area contributed by atoms with Crippen molar-refractivity contribution in [1.82, 2.24) is 4.98 Å². The van der Waals surface area contributed by atoms with E-state index in [1.807, 2.05) is 19.1 Å². The first kappa shape index (κ1) is 20.5. The maximum absolute atomic E-state index is 10.3. The number of ether oxygens (including phenoxy) is 4. The zero-order valence-electron chi connectivity index (χ0n) is 17.8. The van der Waals surface area contributed by atoms with Crippen LogP contribution in [0.5, 0.6) is 23.1 Å². The molecule has 30 heavy (non-hydrogen) atoms. The standard InChI is InChI=1S/C23H28N2O5/c1-5-30-20-10-15-16-9-14(26)6-7-18(16)25-22(17(15)11-19(20)27-2)13-8-21(28-3)23(29-4)24-12-13/h8,10-12,14,16,18,26H,5-7,9H2,1-4H3/t14-,16-,18-/m1/s1. The molecule has 1 aliphatic carbocycles. The van der Waals surface area contributed by atoms with E-state index in [0.29, 0.717) is 36.2 Å². The molecule has 2 aliphatic rings. The van der Waals surface area contributed by atoms with Crippen LogP contribution in [0.3, 0.4) is 0 Å². The van der Waals surface area contributed by atoms with E-state index in [4.69, 9.17) is 23.9 Å². The molecule has 0 unspecified atom stereocenters. The fourth-order valence-electron chi connectivity index (χ4n) is 4.46. The molecule has 0 amide bonds. The summed E-state index contributed by atoms with van der Waals surface area (Å²) in [5.41, 5.74) is 3.80. The number of benzene rings is 1. The normalized spacial score (nSPS) is 22.4. The zero-order valence-corrected chi connectivity index (χ0v) is 17.8. The van der Waals surface area contributed by atoms with Crippen LogP contribution >= 0.6 is 0 Å². The van der Waals surface area contributed by atoms with Crippen molar-refractivity contribution in [2.45, 2.75) is 44.2 Å². The summed E-state index contributed by atoms with van der Waals surface area (Å²) in [5.74, 6) is 2.50. The molecule has 1 saturated carbocycles. The molecular formula is C23H28N2O5. The second kappa shape index (κ2) is 8.52. The number of hydrogen-bond donors (Lipinski definition) is 1. The number of methoxy groups -OCH3 is 3. The van der Waals surface area contributed by atoms with Gasteiger partial charge in [0.05, 0.1) is 45.8 Å². The fourth-order valence-corrected chi connectivity index (χ4v) is 4.46. The third kappa shape index (κ3) is 3.58. The Morgan fingerprint density at radius 3 is 2.50 bits per heavy atom. The quantitative estimate of drug-likeness (QED) is 0.784. The lowest BCUT2D eigenvalue weighted by Crippen LogP contribution is -2.34. The summed E-state index contributed by atoms with van der Waals surface area (Å²) in [6.45, 7) is 2.50. The summed E-state index contributed by atoms with van der Waals surface area (Å²) in [7, 11) is 4.79. The number of aliphatic hydroxyl groups is 1. The van der Waals surface area contributed by atoms with Crippen molar-refractivity contribution in [2.24, 2.45) is 4.99 Å². The van der Waals surface area contributed by atoms with Gasteiger partial charge >= 0.3 is 0 Å². The van der Waals surface area contributed by atoms with Crippen LogP contribution in [0.4, 0.5) is 0 Å². The Labute approximate surface area is 176 Å². The summed E-state index contributed by atoms with van der Waals surface area (Å²) in [5, 5.41) is 10.3. The van der Waals surface area contributed by atoms with Gasteiger partial charge in [0, 0.05) is 23.2 Å². The highest BCUT2D eigenvalue weighted by molar-refractivity contribution is 6.15. The number of rotatable bonds is 6. The maximum atomic E-state index is 10.3. The van der Waals surface area contributed by atoms with Gasteiger partial charge in [-0.25, -0.2) is 4.98 Å². The van der Waals surface area contributed by atoms with Crippen molar-refractivity contribution in [1.29, 1.82) is 0 Å². The first-order chi connectivity index (χ1) is 14.6. The number of aliphatic imine (C=N–C) groups is 1. The molecule has 2 aromatic rings. The van der Waals surface area contributed by atoms with Crippen LogP contribution in [-0.4, -0.2) is 55.9 Å². The number of fused-ring (bicyclic) bond motifs is 3. The first-order valence-electron chi connectivity index (χ1n) is 10.3. The number of hydrogen-bond acceptors (Lipinski definition) is 7. The van der Waals surface area contributed by atoms with Crippen molar-refractivity contribution in [3.05, 3.63) is 41.1 Å². The topological polar surface area (TPSA) is 82.4 Å². The minimum Gasteiger partial charge on any atom is -0.493 e. The number of aromatic nitrogens is 1. The lowest BCUT2D eigenvalue weighted by molar-refractivity contribution is 0.111. The number of aliphatic hydroxyl groups excluding tert-OH is 1. The lowest BCUT2D eigenvalue weighted by Gasteiger charge is -2.37. The average Bonchev–Trinajstić information content (AvgIpc) is 2.78. The monoisotopic (exact) mass is 412 g/mol. The van der Waals surface area contributed by atoms with Gasteiger partial charge in [-0.2, -0.15) is 0 Å². The molecule has 3 atom stereocenters. The molecule has 0 saturated heterocycles. The van der Waals surface area contributed by atoms with Crippen LogP contribution < -0.4 is 18.9 Å². The van der Waals surface area contributed by atoms with Crippen LogP contribution in [-0.2, 0) is 0 Å². The Balaban J connectivity index is 1.88. The molecule has 1 aliphatic heterocycles. The van der Waals surface area contributed by atoms with E-state index in [1.165, 1.54) is 0 Å². The first-order valence-corrected chi connectivity index (χ1v) is 10.3. The second-order valence-electron chi connectivity index (χ2n) is 7.58. The third-order valence-corrected chi connectivity index (χ3v) is 5.88. The molecule has 0 bridgehead atoms. The van der Waals surface area contributed by atoms with Gasteiger partial charge in [-0.3, -0.25) is 4.99 Å². The molecule has 1 aromatic carbocycles. The van der Waals surface area contributed by atoms with Gasteiger partial charge in [0.15, 0.2) is 17.2 Å². The maximum Gasteiger partial charge on any atom is 0.256 e. The molecule has 0 radical (unpaired) electrons. The summed E-state index contributed by atoms with van der Waals surface area (Å²) < 4.78 is 22.2. The summed E-state index contributed by atoms with van der Waals surface area (Å²) in [6, 6.07) is 6.03. The van der Waals surface area contributed by atoms with Gasteiger partial charge in [0.1, 0.15) is 0 Å². The van der Waals surface area contributed by atoms with E-state index in [0.717, 1.165) is 35.2 Å². The highest BCUT2D eigenvalue weighted by Crippen LogP contribution is 2.45. The second-order valence-corrected chi connectivity index (χ2v) is 7.58. The number of nitrogens with zero attached hydrogens (tertiary/aromatic N) is 2. The van der Waals surface area contributed by atoms with Crippen LogP contribution in [0.1, 0.15) is 48.8 Å². The van der Waals surface area contributed by atoms with Gasteiger partial charge in [-0.1, -0.05) is 0 Å². The van der Waals surface area contributed by atoms with E-state index in [9.17, 15) is 5.11 Å². The molecule has 4 rings (SSSR count). The van der Waals surface area contributed by atoms with Crippen molar-refractivity contribution in [2.75, 3.05) is 27.9 Å². The summed E-state index contributed by atoms with van der Waals surface area (Å²) in [4.78, 5) is 9.50. The van der Waals surface area contributed by atoms with Gasteiger partial charge in [0.25, 0.3) is 5.88 Å². The van der Waals surface area contributed by atoms with Crippen molar-refractivity contribution >= 4 is 5.71 Å². The largest absolute Gasteiger partial charge is 0.493 e. The smallest absolute Gasteiger partial charge is 0.256 e. The Hall–Kier alpha value is -2.80. The highest BCUT2D eigenvalue weighted by atomic mass is 16.5. The van der Waals surface area contributed by atoms with E-state index >= 15 is 0 Å². The molecule has 1 fully saturated rings. The van der Waals surface area contributed by atoms with Crippen LogP contribution in [0, 0.1) is 0 Å². The van der Waals surface area contributed by atoms with Crippen molar-refractivity contribution < 1.29 is 24.1 Å². The molecule has 0 spiro atoms. The Morgan fingerprint density at radius 2 is 1.80 bits per heavy atom. The predicted molar refractivity (Wildman–Crippen MR) is 114 cm³/mol. The van der Waals surface area contributed by atoms with E-state index in [-0.39, 0.29) is 18.1 Å². The molecule has 2 heterocycles. The minimum absolute atomic E-state index is 0.104. The Morgan fingerprint density at radius 1 is 1.00 bits per heavy atom. The minimum atomic E-state index is -0.309. The van der Waals surface area contributed by atoms with Gasteiger partial charge in [-0.15, -0.1) is 0 Å². The number of pyridine rings is 1. The molecule has 7 nitrogen and oxygen atoms in total. The summed E-state index contributed by atoms with van der Waals surface area (Å²) >= 11 is 0. The van der Waals surface area contributed by atoms with Crippen molar-refractivity contribution in [3.8, 4) is 23.1 Å². The fraction of sp³-hybridized carbons (Fsp3) is 0.478. The van der Waals surface area contributed by atoms with Crippen LogP contribution in [0.2, 0.25) is 0 Å². The zero-order chi connectivity index (χ0) is 21.3. The van der Waals surface area contributed by atoms with Gasteiger partial charge < -0.3 is 24.1 Å². The Bertz CT molecular complexity index is 959. The summed E-state index contributed by atoms with van der Waals surface area (Å²) in [6.07, 6.45) is 3.73. The molecule has 1 aromatic heterocycles. The highest BCUT2D eigenvalue weighted by Gasteiger charge is 2.37. The van der Waals surface area contributed by atoms with Gasteiger partial charge in [0.2, 0.25) is 0 Å². The molecular weight excluding hydrogens is 384 g/mol. The SMILES string of the molecule is CCOc1cc2c(cc1OC)C(c1cnc(OC)c(OC)c1)=N[C@@H]1CC[C@@H](O)C[C@H]21. The molecule has 7 heteroatoms. The van der Waals surface area contributed by atoms with E-state index in [2.05, 4.69) is 11.1 Å². The van der Waals surface area contributed by atoms with Crippen molar-refractivity contribution in [3.63, 3.8) is 0 Å². The van der Waals surface area contributed by atoms with Crippen LogP contribution in [0.25, 0.3) is 0 Å². The van der Waals surface area contributed by atoms with Crippen LogP contribution in [0.15, 0.2) is 29.4 Å². The predicted octanol–water partition coefficient (Wildman–Crippen LogP) is 3.35. The van der Waals surface area contributed by atoms with E-state index < -0.39 is 0 Å². The Kier molecular flexibility index (Phi) is 5.81. The van der Waals surface area contributed by atoms with E-state index in [1.54, 1.807) is 27.5 Å². The molecule has 160 valence electrons. The lowest BCUT2D eigenvalue weighted by atomic mass is 9.74. The average molecular weight is 412 g/mol.